The minimum Gasteiger partial charge on any atom is -0.356 e. The third-order valence-electron chi connectivity index (χ3n) is 3.07. The molecule has 2 aromatic rings. The monoisotopic (exact) mass is 317 g/mol. The van der Waals surface area contributed by atoms with Crippen molar-refractivity contribution >= 4 is 23.2 Å². The molecular weight excluding hydrogens is 304 g/mol. The summed E-state index contributed by atoms with van der Waals surface area (Å²) in [5.74, 6) is -2.66. The van der Waals surface area contributed by atoms with E-state index in [1.165, 1.54) is 35.5 Å². The van der Waals surface area contributed by atoms with Gasteiger partial charge in [0.25, 0.3) is 5.85 Å². The van der Waals surface area contributed by atoms with Crippen LogP contribution in [0.2, 0.25) is 10.0 Å². The van der Waals surface area contributed by atoms with Crippen LogP contribution >= 0.6 is 23.2 Å². The van der Waals surface area contributed by atoms with E-state index in [2.05, 4.69) is 10.1 Å². The Kier molecular flexibility index (Phi) is 4.62. The molecule has 108 valence electrons. The van der Waals surface area contributed by atoms with Crippen LogP contribution < -0.4 is 0 Å². The van der Waals surface area contributed by atoms with Gasteiger partial charge in [-0.15, -0.1) is 0 Å². The first-order valence-corrected chi connectivity index (χ1v) is 6.93. The van der Waals surface area contributed by atoms with E-state index in [0.29, 0.717) is 17.9 Å². The molecular formula is C13H14Cl2FN3O. The van der Waals surface area contributed by atoms with Crippen LogP contribution in [0.15, 0.2) is 30.9 Å². The lowest BCUT2D eigenvalue weighted by atomic mass is 9.96. The Labute approximate surface area is 126 Å². The molecule has 0 aliphatic rings. The minimum atomic E-state index is -2.66. The average Bonchev–Trinajstić information content (AvgIpc) is 2.88. The van der Waals surface area contributed by atoms with Gasteiger partial charge in [0.1, 0.15) is 18.7 Å². The van der Waals surface area contributed by atoms with Gasteiger partial charge in [0.15, 0.2) is 0 Å². The number of rotatable bonds is 5. The lowest BCUT2D eigenvalue weighted by Crippen LogP contribution is -2.33. The van der Waals surface area contributed by atoms with Crippen LogP contribution in [0.1, 0.15) is 31.4 Å². The highest BCUT2D eigenvalue weighted by atomic mass is 35.5. The molecule has 4 nitrogen and oxygen atoms in total. The quantitative estimate of drug-likeness (QED) is 0.913. The van der Waals surface area contributed by atoms with Gasteiger partial charge in [-0.25, -0.2) is 14.1 Å². The summed E-state index contributed by atoms with van der Waals surface area (Å²) in [6, 6.07) is 3.35. The molecule has 7 heteroatoms. The first kappa shape index (κ1) is 15.2. The predicted octanol–water partition coefficient (Wildman–Crippen LogP) is 3.74. The molecule has 2 unspecified atom stereocenters. The molecule has 0 amide bonds. The predicted molar refractivity (Wildman–Crippen MR) is 75.4 cm³/mol. The summed E-state index contributed by atoms with van der Waals surface area (Å²) in [5, 5.41) is 14.7. The van der Waals surface area contributed by atoms with Crippen molar-refractivity contribution in [3.8, 4) is 0 Å². The molecule has 2 atom stereocenters. The number of alkyl halides is 1. The van der Waals surface area contributed by atoms with Crippen molar-refractivity contribution in [1.82, 2.24) is 14.8 Å². The third kappa shape index (κ3) is 2.95. The Morgan fingerprint density at radius 1 is 1.45 bits per heavy atom. The normalized spacial score (nSPS) is 15.8. The number of hydrogen-bond donors (Lipinski definition) is 1. The smallest absolute Gasteiger partial charge is 0.257 e. The fourth-order valence-electron chi connectivity index (χ4n) is 2.10. The van der Waals surface area contributed by atoms with Gasteiger partial charge in [-0.05, 0) is 18.6 Å². The van der Waals surface area contributed by atoms with Crippen LogP contribution in [-0.2, 0) is 5.85 Å². The van der Waals surface area contributed by atoms with E-state index < -0.39 is 11.9 Å². The number of aromatic nitrogens is 3. The molecule has 0 radical (unpaired) electrons. The van der Waals surface area contributed by atoms with Gasteiger partial charge in [0.05, 0.1) is 5.02 Å². The molecule has 0 fully saturated rings. The second-order valence-corrected chi connectivity index (χ2v) is 5.32. The lowest BCUT2D eigenvalue weighted by Gasteiger charge is -2.29. The summed E-state index contributed by atoms with van der Waals surface area (Å²) in [6.45, 7) is 1.89. The Balaban J connectivity index is 2.44. The zero-order valence-electron chi connectivity index (χ0n) is 10.8. The van der Waals surface area contributed by atoms with Crippen molar-refractivity contribution < 1.29 is 9.50 Å². The number of hydrogen-bond acceptors (Lipinski definition) is 3. The fraction of sp³-hybridized carbons (Fsp3) is 0.385. The molecule has 1 heterocycles. The van der Waals surface area contributed by atoms with Crippen LogP contribution in [0.25, 0.3) is 0 Å². The molecule has 1 N–H and O–H groups in total. The van der Waals surface area contributed by atoms with Crippen molar-refractivity contribution in [2.75, 3.05) is 0 Å². The van der Waals surface area contributed by atoms with Gasteiger partial charge in [-0.2, -0.15) is 5.10 Å². The van der Waals surface area contributed by atoms with E-state index >= 15 is 0 Å². The fourth-order valence-corrected chi connectivity index (χ4v) is 2.64. The maximum absolute atomic E-state index is 15.0. The zero-order chi connectivity index (χ0) is 14.8. The molecule has 0 aliphatic heterocycles. The zero-order valence-corrected chi connectivity index (χ0v) is 12.3. The van der Waals surface area contributed by atoms with Gasteiger partial charge in [-0.3, -0.25) is 0 Å². The van der Waals surface area contributed by atoms with Crippen LogP contribution in [-0.4, -0.2) is 19.9 Å². The third-order valence-corrected chi connectivity index (χ3v) is 3.62. The van der Waals surface area contributed by atoms with Crippen LogP contribution in [0.5, 0.6) is 0 Å². The van der Waals surface area contributed by atoms with Crippen LogP contribution in [0.4, 0.5) is 4.39 Å². The largest absolute Gasteiger partial charge is 0.356 e. The van der Waals surface area contributed by atoms with Gasteiger partial charge in [0, 0.05) is 10.6 Å². The Hall–Kier alpha value is -1.17. The summed E-state index contributed by atoms with van der Waals surface area (Å²) in [7, 11) is 0. The Morgan fingerprint density at radius 2 is 2.20 bits per heavy atom. The van der Waals surface area contributed by atoms with Crippen LogP contribution in [0, 0.1) is 0 Å². The standard InChI is InChI=1S/C13H14Cl2FN3O/c1-2-3-12(19-8-17-7-18-19)13(16,20)10-5-4-9(14)6-11(10)15/h4-8,12,20H,2-3H2,1H3. The number of nitrogens with zero attached hydrogens (tertiary/aromatic N) is 3. The van der Waals surface area contributed by atoms with Gasteiger partial charge >= 0.3 is 0 Å². The molecule has 0 saturated heterocycles. The SMILES string of the molecule is CCCC(n1cncn1)C(O)(F)c1ccc(Cl)cc1Cl. The number of benzene rings is 1. The summed E-state index contributed by atoms with van der Waals surface area (Å²) in [6.07, 6.45) is 3.72. The van der Waals surface area contributed by atoms with Crippen molar-refractivity contribution in [3.05, 3.63) is 46.5 Å². The summed E-state index contributed by atoms with van der Waals surface area (Å²) in [4.78, 5) is 3.79. The maximum atomic E-state index is 15.0. The van der Waals surface area contributed by atoms with E-state index in [1.54, 1.807) is 0 Å². The van der Waals surface area contributed by atoms with Crippen LogP contribution in [0.3, 0.4) is 0 Å². The topological polar surface area (TPSA) is 50.9 Å². The second kappa shape index (κ2) is 6.08. The molecule has 0 spiro atoms. The summed E-state index contributed by atoms with van der Waals surface area (Å²) < 4.78 is 16.3. The van der Waals surface area contributed by atoms with Gasteiger partial charge in [-0.1, -0.05) is 42.6 Å². The van der Waals surface area contributed by atoms with E-state index in [9.17, 15) is 9.50 Å². The molecule has 0 bridgehead atoms. The highest BCUT2D eigenvalue weighted by Gasteiger charge is 2.41. The Bertz CT molecular complexity index is 575. The Morgan fingerprint density at radius 3 is 2.75 bits per heavy atom. The number of halogens is 3. The van der Waals surface area contributed by atoms with E-state index in [0.717, 1.165) is 0 Å². The molecule has 1 aromatic carbocycles. The maximum Gasteiger partial charge on any atom is 0.257 e. The summed E-state index contributed by atoms with van der Waals surface area (Å²) in [5.41, 5.74) is -0.0301. The van der Waals surface area contributed by atoms with Gasteiger partial charge in [0.2, 0.25) is 0 Å². The van der Waals surface area contributed by atoms with E-state index in [-0.39, 0.29) is 10.6 Å². The van der Waals surface area contributed by atoms with E-state index in [4.69, 9.17) is 23.2 Å². The van der Waals surface area contributed by atoms with Gasteiger partial charge < -0.3 is 5.11 Å². The molecule has 0 aliphatic carbocycles. The van der Waals surface area contributed by atoms with Crippen molar-refractivity contribution in [3.63, 3.8) is 0 Å². The molecule has 20 heavy (non-hydrogen) atoms. The number of aliphatic hydroxyl groups is 1. The second-order valence-electron chi connectivity index (χ2n) is 4.48. The van der Waals surface area contributed by atoms with Crippen molar-refractivity contribution in [2.45, 2.75) is 31.7 Å². The van der Waals surface area contributed by atoms with Crippen molar-refractivity contribution in [2.24, 2.45) is 0 Å². The average molecular weight is 318 g/mol. The van der Waals surface area contributed by atoms with Crippen molar-refractivity contribution in [1.29, 1.82) is 0 Å². The first-order chi connectivity index (χ1) is 9.46. The molecule has 0 saturated carbocycles. The van der Waals surface area contributed by atoms with E-state index in [1.807, 2.05) is 6.92 Å². The molecule has 2 rings (SSSR count). The molecule has 1 aromatic heterocycles. The lowest BCUT2D eigenvalue weighted by molar-refractivity contribution is -0.142. The first-order valence-electron chi connectivity index (χ1n) is 6.17. The minimum absolute atomic E-state index is 0.0301. The summed E-state index contributed by atoms with van der Waals surface area (Å²) >= 11 is 11.8. The highest BCUT2D eigenvalue weighted by Crippen LogP contribution is 2.41. The highest BCUT2D eigenvalue weighted by molar-refractivity contribution is 6.35.